The van der Waals surface area contributed by atoms with Crippen LogP contribution in [0.5, 0.6) is 5.75 Å². The van der Waals surface area contributed by atoms with E-state index in [-0.39, 0.29) is 5.91 Å². The number of nitrogens with zero attached hydrogens (tertiary/aromatic N) is 4. The van der Waals surface area contributed by atoms with E-state index >= 15 is 0 Å². The predicted octanol–water partition coefficient (Wildman–Crippen LogP) is 3.73. The number of aryl methyl sites for hydroxylation is 2. The van der Waals surface area contributed by atoms with Gasteiger partial charge in [-0.3, -0.25) is 14.5 Å². The Bertz CT molecular complexity index is 1150. The first-order valence-corrected chi connectivity index (χ1v) is 9.15. The number of nitrogens with one attached hydrogen (secondary N) is 1. The van der Waals surface area contributed by atoms with Crippen molar-refractivity contribution in [2.75, 3.05) is 12.4 Å². The number of benzene rings is 1. The second kappa shape index (κ2) is 6.81. The average molecular weight is 379 g/mol. The molecule has 4 aromatic rings. The van der Waals surface area contributed by atoms with Crippen LogP contribution in [0.3, 0.4) is 0 Å². The molecule has 0 atom stereocenters. The molecule has 1 N–H and O–H groups in total. The fourth-order valence-electron chi connectivity index (χ4n) is 2.87. The Morgan fingerprint density at radius 2 is 2.11 bits per heavy atom. The normalized spacial score (nSPS) is 10.9. The third kappa shape index (κ3) is 3.26. The summed E-state index contributed by atoms with van der Waals surface area (Å²) in [5, 5.41) is 13.3. The summed E-state index contributed by atoms with van der Waals surface area (Å²) < 4.78 is 7.09. The topological polar surface area (TPSA) is 81.4 Å². The van der Waals surface area contributed by atoms with Gasteiger partial charge in [-0.15, -0.1) is 21.5 Å². The fraction of sp³-hybridized carbons (Fsp3) is 0.158. The number of hydrogen-bond acceptors (Lipinski definition) is 6. The number of aromatic nitrogens is 4. The number of fused-ring (bicyclic) bond motifs is 1. The minimum atomic E-state index is -0.273. The second-order valence-electron chi connectivity index (χ2n) is 6.13. The van der Waals surface area contributed by atoms with E-state index in [1.165, 1.54) is 11.3 Å². The summed E-state index contributed by atoms with van der Waals surface area (Å²) in [4.78, 5) is 17.2. The summed E-state index contributed by atoms with van der Waals surface area (Å²) >= 11 is 1.39. The molecule has 0 aliphatic heterocycles. The first kappa shape index (κ1) is 17.2. The second-order valence-corrected chi connectivity index (χ2v) is 6.99. The Hall–Kier alpha value is -3.26. The maximum Gasteiger partial charge on any atom is 0.261 e. The lowest BCUT2D eigenvalue weighted by Crippen LogP contribution is -2.13. The minimum absolute atomic E-state index is 0.273. The SMILES string of the molecule is COc1ccc(C)c(-c2cc(C(=O)Nc3nc(C)cs3)c3nncn3c2)c1. The highest BCUT2D eigenvalue weighted by molar-refractivity contribution is 7.13. The van der Waals surface area contributed by atoms with Gasteiger partial charge in [-0.25, -0.2) is 4.98 Å². The van der Waals surface area contributed by atoms with Crippen LogP contribution in [0, 0.1) is 13.8 Å². The van der Waals surface area contributed by atoms with Gasteiger partial charge < -0.3 is 4.74 Å². The quantitative estimate of drug-likeness (QED) is 0.584. The number of amides is 1. The summed E-state index contributed by atoms with van der Waals surface area (Å²) in [6, 6.07) is 7.67. The molecule has 0 saturated carbocycles. The highest BCUT2D eigenvalue weighted by Gasteiger charge is 2.17. The van der Waals surface area contributed by atoms with Gasteiger partial charge in [0.25, 0.3) is 5.91 Å². The number of hydrogen-bond donors (Lipinski definition) is 1. The zero-order valence-electron chi connectivity index (χ0n) is 15.1. The van der Waals surface area contributed by atoms with Crippen LogP contribution in [0.15, 0.2) is 42.2 Å². The van der Waals surface area contributed by atoms with Crippen molar-refractivity contribution in [3.8, 4) is 16.9 Å². The van der Waals surface area contributed by atoms with Gasteiger partial charge in [0.05, 0.1) is 18.4 Å². The molecule has 7 nitrogen and oxygen atoms in total. The Morgan fingerprint density at radius 3 is 2.85 bits per heavy atom. The largest absolute Gasteiger partial charge is 0.497 e. The molecule has 3 aromatic heterocycles. The predicted molar refractivity (Wildman–Crippen MR) is 105 cm³/mol. The number of ether oxygens (including phenoxy) is 1. The summed E-state index contributed by atoms with van der Waals surface area (Å²) in [5.41, 5.74) is 4.71. The molecular weight excluding hydrogens is 362 g/mol. The van der Waals surface area contributed by atoms with Gasteiger partial charge in [-0.05, 0) is 48.7 Å². The van der Waals surface area contributed by atoms with Crippen molar-refractivity contribution in [1.82, 2.24) is 19.6 Å². The maximum atomic E-state index is 12.9. The number of anilines is 1. The van der Waals surface area contributed by atoms with Crippen molar-refractivity contribution in [1.29, 1.82) is 0 Å². The van der Waals surface area contributed by atoms with Crippen LogP contribution in [0.4, 0.5) is 5.13 Å². The van der Waals surface area contributed by atoms with Crippen LogP contribution >= 0.6 is 11.3 Å². The highest BCUT2D eigenvalue weighted by atomic mass is 32.1. The van der Waals surface area contributed by atoms with Gasteiger partial charge in [0, 0.05) is 11.6 Å². The minimum Gasteiger partial charge on any atom is -0.497 e. The third-order valence-corrected chi connectivity index (χ3v) is 5.11. The smallest absolute Gasteiger partial charge is 0.261 e. The molecular formula is C19H17N5O2S. The van der Waals surface area contributed by atoms with Crippen LogP contribution in [0.25, 0.3) is 16.8 Å². The first-order valence-electron chi connectivity index (χ1n) is 8.27. The summed E-state index contributed by atoms with van der Waals surface area (Å²) in [7, 11) is 1.63. The standard InChI is InChI=1S/C19H17N5O2S/c1-11-4-5-14(26-3)7-15(11)13-6-16(17-23-20-10-24(17)8-13)18(25)22-19-21-12(2)9-27-19/h4-10H,1-3H3,(H,21,22,25). The van der Waals surface area contributed by atoms with Gasteiger partial charge >= 0.3 is 0 Å². The van der Waals surface area contributed by atoms with Crippen LogP contribution in [0.2, 0.25) is 0 Å². The number of rotatable bonds is 4. The molecule has 0 radical (unpaired) electrons. The van der Waals surface area contributed by atoms with Crippen molar-refractivity contribution >= 4 is 28.0 Å². The van der Waals surface area contributed by atoms with E-state index in [1.54, 1.807) is 17.8 Å². The van der Waals surface area contributed by atoms with Crippen LogP contribution in [-0.4, -0.2) is 32.6 Å². The number of carbonyl (C=O) groups is 1. The number of carbonyl (C=O) groups excluding carboxylic acids is 1. The molecule has 0 fully saturated rings. The lowest BCUT2D eigenvalue weighted by Gasteiger charge is -2.11. The molecule has 0 aliphatic rings. The molecule has 0 unspecified atom stereocenters. The van der Waals surface area contributed by atoms with E-state index < -0.39 is 0 Å². The molecule has 0 spiro atoms. The van der Waals surface area contributed by atoms with E-state index in [2.05, 4.69) is 20.5 Å². The van der Waals surface area contributed by atoms with Crippen LogP contribution in [0.1, 0.15) is 21.6 Å². The monoisotopic (exact) mass is 379 g/mol. The molecule has 4 rings (SSSR count). The van der Waals surface area contributed by atoms with Gasteiger partial charge in [0.2, 0.25) is 0 Å². The van der Waals surface area contributed by atoms with E-state index in [4.69, 9.17) is 4.74 Å². The highest BCUT2D eigenvalue weighted by Crippen LogP contribution is 2.29. The number of pyridine rings is 1. The molecule has 0 aliphatic carbocycles. The van der Waals surface area contributed by atoms with Crippen molar-refractivity contribution in [2.45, 2.75) is 13.8 Å². The Kier molecular flexibility index (Phi) is 4.33. The summed E-state index contributed by atoms with van der Waals surface area (Å²) in [5.74, 6) is 0.480. The average Bonchev–Trinajstić information content (AvgIpc) is 3.29. The summed E-state index contributed by atoms with van der Waals surface area (Å²) in [6.07, 6.45) is 3.49. The first-order chi connectivity index (χ1) is 13.0. The molecule has 8 heteroatoms. The molecule has 1 amide bonds. The van der Waals surface area contributed by atoms with Gasteiger partial charge in [0.15, 0.2) is 10.8 Å². The number of methoxy groups -OCH3 is 1. The Labute approximate surface area is 159 Å². The van der Waals surface area contributed by atoms with E-state index in [0.717, 1.165) is 28.1 Å². The van der Waals surface area contributed by atoms with Gasteiger partial charge in [-0.1, -0.05) is 6.07 Å². The molecule has 3 heterocycles. The zero-order chi connectivity index (χ0) is 19.0. The molecule has 1 aromatic carbocycles. The Balaban J connectivity index is 1.81. The van der Waals surface area contributed by atoms with Crippen molar-refractivity contribution in [2.24, 2.45) is 0 Å². The zero-order valence-corrected chi connectivity index (χ0v) is 15.9. The van der Waals surface area contributed by atoms with Crippen molar-refractivity contribution in [3.05, 3.63) is 59.0 Å². The van der Waals surface area contributed by atoms with Gasteiger partial charge in [-0.2, -0.15) is 0 Å². The molecule has 27 heavy (non-hydrogen) atoms. The lowest BCUT2D eigenvalue weighted by atomic mass is 10.00. The van der Waals surface area contributed by atoms with Crippen molar-refractivity contribution < 1.29 is 9.53 Å². The van der Waals surface area contributed by atoms with E-state index in [9.17, 15) is 4.79 Å². The summed E-state index contributed by atoms with van der Waals surface area (Å²) in [6.45, 7) is 3.90. The Morgan fingerprint density at radius 1 is 1.26 bits per heavy atom. The van der Waals surface area contributed by atoms with Crippen molar-refractivity contribution in [3.63, 3.8) is 0 Å². The number of thiazole rings is 1. The van der Waals surface area contributed by atoms with Crippen LogP contribution in [-0.2, 0) is 0 Å². The molecule has 0 bridgehead atoms. The van der Waals surface area contributed by atoms with E-state index in [0.29, 0.717) is 16.3 Å². The van der Waals surface area contributed by atoms with Crippen LogP contribution < -0.4 is 10.1 Å². The fourth-order valence-corrected chi connectivity index (χ4v) is 3.55. The lowest BCUT2D eigenvalue weighted by molar-refractivity contribution is 0.102. The molecule has 136 valence electrons. The molecule has 0 saturated heterocycles. The maximum absolute atomic E-state index is 12.9. The van der Waals surface area contributed by atoms with E-state index in [1.807, 2.05) is 49.7 Å². The third-order valence-electron chi connectivity index (χ3n) is 4.23. The van der Waals surface area contributed by atoms with Gasteiger partial charge in [0.1, 0.15) is 12.1 Å².